The first kappa shape index (κ1) is 20.8. The van der Waals surface area contributed by atoms with E-state index >= 15 is 0 Å². The average molecular weight is 431 g/mol. The summed E-state index contributed by atoms with van der Waals surface area (Å²) in [4.78, 5) is 34.9. The fraction of sp³-hybridized carbons (Fsp3) is 0.167. The molecule has 0 saturated heterocycles. The van der Waals surface area contributed by atoms with Crippen molar-refractivity contribution >= 4 is 34.3 Å². The van der Waals surface area contributed by atoms with E-state index in [4.69, 9.17) is 0 Å². The predicted molar refractivity (Wildman–Crippen MR) is 125 cm³/mol. The van der Waals surface area contributed by atoms with E-state index in [1.807, 2.05) is 57.2 Å². The van der Waals surface area contributed by atoms with Gasteiger partial charge in [-0.1, -0.05) is 30.0 Å². The Bertz CT molecular complexity index is 1330. The van der Waals surface area contributed by atoms with Gasteiger partial charge in [-0.25, -0.2) is 14.5 Å². The summed E-state index contributed by atoms with van der Waals surface area (Å²) in [5.41, 5.74) is 4.28. The molecule has 6 nitrogen and oxygen atoms in total. The van der Waals surface area contributed by atoms with E-state index < -0.39 is 0 Å². The van der Waals surface area contributed by atoms with Crippen LogP contribution in [0, 0.1) is 20.8 Å². The van der Waals surface area contributed by atoms with E-state index in [2.05, 4.69) is 21.4 Å². The van der Waals surface area contributed by atoms with Crippen molar-refractivity contribution in [2.45, 2.75) is 25.9 Å². The van der Waals surface area contributed by atoms with Crippen molar-refractivity contribution < 1.29 is 4.79 Å². The van der Waals surface area contributed by atoms with E-state index in [0.717, 1.165) is 22.4 Å². The molecule has 4 aromatic rings. The van der Waals surface area contributed by atoms with Crippen LogP contribution in [0.1, 0.15) is 16.7 Å². The number of aryl methyl sites for hydroxylation is 3. The first-order valence-corrected chi connectivity index (χ1v) is 10.8. The number of pyridine rings is 1. The van der Waals surface area contributed by atoms with Crippen molar-refractivity contribution in [1.29, 1.82) is 0 Å². The second-order valence-electron chi connectivity index (χ2n) is 7.46. The van der Waals surface area contributed by atoms with Crippen molar-refractivity contribution in [3.8, 4) is 5.82 Å². The normalized spacial score (nSPS) is 10.9. The standard InChI is InChI=1S/C24H22N4O2S/c1-15-8-9-25-21(13-15)28-23(30)19-6-4-5-7-20(19)27-24(28)31-14-22(29)26-18-11-16(2)10-17(3)12-18/h4-13H,14H2,1-3H3,(H,26,29). The Kier molecular flexibility index (Phi) is 5.86. The van der Waals surface area contributed by atoms with Gasteiger partial charge in [0.15, 0.2) is 5.16 Å². The van der Waals surface area contributed by atoms with Crippen molar-refractivity contribution in [2.24, 2.45) is 0 Å². The molecule has 2 aromatic heterocycles. The van der Waals surface area contributed by atoms with Crippen LogP contribution in [0.2, 0.25) is 0 Å². The Morgan fingerprint density at radius 1 is 1.00 bits per heavy atom. The van der Waals surface area contributed by atoms with Gasteiger partial charge in [0, 0.05) is 11.9 Å². The van der Waals surface area contributed by atoms with Crippen LogP contribution in [-0.2, 0) is 4.79 Å². The number of anilines is 1. The predicted octanol–water partition coefficient (Wildman–Crippen LogP) is 4.44. The average Bonchev–Trinajstić information content (AvgIpc) is 2.71. The molecule has 2 aromatic carbocycles. The molecule has 0 bridgehead atoms. The zero-order chi connectivity index (χ0) is 22.0. The molecule has 1 N–H and O–H groups in total. The Hall–Kier alpha value is -3.45. The Labute approximate surface area is 184 Å². The molecule has 7 heteroatoms. The summed E-state index contributed by atoms with van der Waals surface area (Å²) < 4.78 is 1.48. The number of rotatable bonds is 5. The number of aromatic nitrogens is 3. The summed E-state index contributed by atoms with van der Waals surface area (Å²) in [6.45, 7) is 5.92. The summed E-state index contributed by atoms with van der Waals surface area (Å²) in [7, 11) is 0. The highest BCUT2D eigenvalue weighted by Crippen LogP contribution is 2.22. The second-order valence-corrected chi connectivity index (χ2v) is 8.40. The number of thioether (sulfide) groups is 1. The van der Waals surface area contributed by atoms with Gasteiger partial charge in [0.1, 0.15) is 5.82 Å². The number of para-hydroxylation sites is 1. The molecule has 0 atom stereocenters. The lowest BCUT2D eigenvalue weighted by Gasteiger charge is -2.13. The Morgan fingerprint density at radius 3 is 2.48 bits per heavy atom. The van der Waals surface area contributed by atoms with E-state index in [-0.39, 0.29) is 17.2 Å². The molecule has 2 heterocycles. The van der Waals surface area contributed by atoms with Gasteiger partial charge in [-0.3, -0.25) is 9.59 Å². The highest BCUT2D eigenvalue weighted by atomic mass is 32.2. The summed E-state index contributed by atoms with van der Waals surface area (Å²) in [5.74, 6) is 0.436. The lowest BCUT2D eigenvalue weighted by atomic mass is 10.1. The van der Waals surface area contributed by atoms with Crippen molar-refractivity contribution in [1.82, 2.24) is 14.5 Å². The summed E-state index contributed by atoms with van der Waals surface area (Å²) in [6, 6.07) is 16.8. The van der Waals surface area contributed by atoms with E-state index in [1.165, 1.54) is 16.3 Å². The number of hydrogen-bond donors (Lipinski definition) is 1. The van der Waals surface area contributed by atoms with Gasteiger partial charge in [0.25, 0.3) is 5.56 Å². The minimum absolute atomic E-state index is 0.115. The zero-order valence-corrected chi connectivity index (χ0v) is 18.4. The van der Waals surface area contributed by atoms with Gasteiger partial charge >= 0.3 is 0 Å². The maximum atomic E-state index is 13.2. The molecule has 0 saturated carbocycles. The highest BCUT2D eigenvalue weighted by Gasteiger charge is 2.16. The molecule has 31 heavy (non-hydrogen) atoms. The lowest BCUT2D eigenvalue weighted by molar-refractivity contribution is -0.113. The third kappa shape index (κ3) is 4.67. The molecule has 0 aliphatic rings. The largest absolute Gasteiger partial charge is 0.325 e. The number of nitrogens with zero attached hydrogens (tertiary/aromatic N) is 3. The second kappa shape index (κ2) is 8.73. The minimum Gasteiger partial charge on any atom is -0.325 e. The maximum absolute atomic E-state index is 13.2. The van der Waals surface area contributed by atoms with Crippen LogP contribution < -0.4 is 10.9 Å². The third-order valence-electron chi connectivity index (χ3n) is 4.71. The minimum atomic E-state index is -0.207. The summed E-state index contributed by atoms with van der Waals surface area (Å²) >= 11 is 1.21. The molecular weight excluding hydrogens is 408 g/mol. The van der Waals surface area contributed by atoms with Gasteiger partial charge < -0.3 is 5.32 Å². The van der Waals surface area contributed by atoms with Crippen LogP contribution in [0.4, 0.5) is 5.69 Å². The molecular formula is C24H22N4O2S. The number of fused-ring (bicyclic) bond motifs is 1. The van der Waals surface area contributed by atoms with Gasteiger partial charge in [-0.05, 0) is 73.9 Å². The molecule has 0 radical (unpaired) electrons. The molecule has 0 spiro atoms. The van der Waals surface area contributed by atoms with E-state index in [1.54, 1.807) is 18.3 Å². The molecule has 0 fully saturated rings. The van der Waals surface area contributed by atoms with Crippen LogP contribution >= 0.6 is 11.8 Å². The number of nitrogens with one attached hydrogen (secondary N) is 1. The van der Waals surface area contributed by atoms with Crippen LogP contribution in [0.15, 0.2) is 70.7 Å². The van der Waals surface area contributed by atoms with Gasteiger partial charge in [-0.15, -0.1) is 0 Å². The van der Waals surface area contributed by atoms with Gasteiger partial charge in [-0.2, -0.15) is 0 Å². The Balaban J connectivity index is 1.67. The zero-order valence-electron chi connectivity index (χ0n) is 17.5. The number of carbonyl (C=O) groups is 1. The first-order valence-electron chi connectivity index (χ1n) is 9.86. The van der Waals surface area contributed by atoms with E-state index in [0.29, 0.717) is 21.9 Å². The molecule has 0 aliphatic carbocycles. The summed E-state index contributed by atoms with van der Waals surface area (Å²) in [5, 5.41) is 3.86. The number of benzene rings is 2. The van der Waals surface area contributed by atoms with Crippen LogP contribution in [0.25, 0.3) is 16.7 Å². The molecule has 156 valence electrons. The number of hydrogen-bond acceptors (Lipinski definition) is 5. The first-order chi connectivity index (χ1) is 14.9. The van der Waals surface area contributed by atoms with Crippen molar-refractivity contribution in [3.05, 3.63) is 87.8 Å². The van der Waals surface area contributed by atoms with Gasteiger partial charge in [0.05, 0.1) is 16.7 Å². The van der Waals surface area contributed by atoms with Gasteiger partial charge in [0.2, 0.25) is 5.91 Å². The van der Waals surface area contributed by atoms with E-state index in [9.17, 15) is 9.59 Å². The quantitative estimate of drug-likeness (QED) is 0.374. The molecule has 0 unspecified atom stereocenters. The monoisotopic (exact) mass is 430 g/mol. The fourth-order valence-electron chi connectivity index (χ4n) is 3.43. The van der Waals surface area contributed by atoms with Crippen LogP contribution in [0.3, 0.4) is 0 Å². The molecule has 0 aliphatic heterocycles. The number of carbonyl (C=O) groups excluding carboxylic acids is 1. The molecule has 1 amide bonds. The highest BCUT2D eigenvalue weighted by molar-refractivity contribution is 7.99. The Morgan fingerprint density at radius 2 is 1.74 bits per heavy atom. The van der Waals surface area contributed by atoms with Crippen LogP contribution in [0.5, 0.6) is 0 Å². The number of amides is 1. The van der Waals surface area contributed by atoms with Crippen molar-refractivity contribution in [3.63, 3.8) is 0 Å². The topological polar surface area (TPSA) is 76.9 Å². The van der Waals surface area contributed by atoms with Crippen LogP contribution in [-0.4, -0.2) is 26.2 Å². The third-order valence-corrected chi connectivity index (χ3v) is 5.65. The maximum Gasteiger partial charge on any atom is 0.267 e. The van der Waals surface area contributed by atoms with Crippen molar-refractivity contribution in [2.75, 3.05) is 11.1 Å². The smallest absolute Gasteiger partial charge is 0.267 e. The fourth-order valence-corrected chi connectivity index (χ4v) is 4.23. The molecule has 4 rings (SSSR count). The summed E-state index contributed by atoms with van der Waals surface area (Å²) in [6.07, 6.45) is 1.66. The lowest BCUT2D eigenvalue weighted by Crippen LogP contribution is -2.23. The SMILES string of the molecule is Cc1cc(C)cc(NC(=O)CSc2nc3ccccc3c(=O)n2-c2cc(C)ccn2)c1.